The minimum atomic E-state index is 1.05. The minimum Gasteiger partial charge on any atom is -0.204 e. The first-order chi connectivity index (χ1) is 11.7. The van der Waals surface area contributed by atoms with Crippen LogP contribution < -0.4 is 0 Å². The number of hydrogen-bond acceptors (Lipinski definition) is 0. The molecule has 0 unspecified atom stereocenters. The quantitative estimate of drug-likeness (QED) is 0.426. The lowest BCUT2D eigenvalue weighted by molar-refractivity contribution is -0.395. The van der Waals surface area contributed by atoms with E-state index in [0.29, 0.717) is 0 Å². The highest BCUT2D eigenvalue weighted by Gasteiger charge is 2.32. The van der Waals surface area contributed by atoms with Crippen molar-refractivity contribution in [2.75, 3.05) is 7.05 Å². The summed E-state index contributed by atoms with van der Waals surface area (Å²) in [6, 6.07) is 13.9. The molecule has 0 radical (unpaired) electrons. The van der Waals surface area contributed by atoms with Gasteiger partial charge < -0.3 is 0 Å². The molecular formula is C23H22N+. The predicted octanol–water partition coefficient (Wildman–Crippen LogP) is 5.18. The van der Waals surface area contributed by atoms with Crippen LogP contribution in [0.3, 0.4) is 0 Å². The van der Waals surface area contributed by atoms with Crippen LogP contribution >= 0.6 is 0 Å². The molecule has 5 rings (SSSR count). The van der Waals surface area contributed by atoms with Gasteiger partial charge in [-0.25, -0.2) is 4.58 Å². The summed E-state index contributed by atoms with van der Waals surface area (Å²) < 4.78 is 2.33. The largest absolute Gasteiger partial charge is 0.216 e. The maximum atomic E-state index is 2.35. The van der Waals surface area contributed by atoms with Gasteiger partial charge in [0.15, 0.2) is 0 Å². The molecular weight excluding hydrogens is 290 g/mol. The SMILES string of the molecule is CCc1ccc2ccc3c(c2c1C)-c1c(ccc2c1[N+](C)=CC2)C3. The Balaban J connectivity index is 1.95. The second kappa shape index (κ2) is 4.80. The molecule has 0 atom stereocenters. The van der Waals surface area contributed by atoms with Gasteiger partial charge >= 0.3 is 0 Å². The highest BCUT2D eigenvalue weighted by atomic mass is 15.0. The van der Waals surface area contributed by atoms with Crippen LogP contribution in [0.25, 0.3) is 21.9 Å². The molecule has 118 valence electrons. The van der Waals surface area contributed by atoms with Crippen LogP contribution in [0.2, 0.25) is 0 Å². The van der Waals surface area contributed by atoms with E-state index in [2.05, 4.69) is 68.1 Å². The molecule has 1 heteroatoms. The first-order valence-electron chi connectivity index (χ1n) is 8.94. The summed E-state index contributed by atoms with van der Waals surface area (Å²) >= 11 is 0. The van der Waals surface area contributed by atoms with Crippen molar-refractivity contribution in [1.82, 2.24) is 0 Å². The fourth-order valence-corrected chi connectivity index (χ4v) is 4.70. The summed E-state index contributed by atoms with van der Waals surface area (Å²) in [5, 5.41) is 2.85. The Bertz CT molecular complexity index is 1050. The van der Waals surface area contributed by atoms with Gasteiger partial charge in [0.05, 0.1) is 12.0 Å². The van der Waals surface area contributed by atoms with E-state index in [0.717, 1.165) is 19.3 Å². The van der Waals surface area contributed by atoms with E-state index >= 15 is 0 Å². The minimum absolute atomic E-state index is 1.05. The van der Waals surface area contributed by atoms with E-state index in [-0.39, 0.29) is 0 Å². The average Bonchev–Trinajstić information content (AvgIpc) is 3.15. The van der Waals surface area contributed by atoms with Gasteiger partial charge in [-0.1, -0.05) is 43.3 Å². The summed E-state index contributed by atoms with van der Waals surface area (Å²) in [6.45, 7) is 4.56. The van der Waals surface area contributed by atoms with Crippen molar-refractivity contribution in [3.8, 4) is 11.1 Å². The van der Waals surface area contributed by atoms with Gasteiger partial charge in [0.1, 0.15) is 13.3 Å². The van der Waals surface area contributed by atoms with E-state index in [1.807, 2.05) is 0 Å². The van der Waals surface area contributed by atoms with E-state index < -0.39 is 0 Å². The first kappa shape index (κ1) is 14.0. The topological polar surface area (TPSA) is 3.01 Å². The van der Waals surface area contributed by atoms with E-state index in [4.69, 9.17) is 0 Å². The highest BCUT2D eigenvalue weighted by Crippen LogP contribution is 2.49. The Labute approximate surface area is 143 Å². The van der Waals surface area contributed by atoms with Crippen molar-refractivity contribution < 1.29 is 4.58 Å². The number of rotatable bonds is 1. The predicted molar refractivity (Wildman–Crippen MR) is 102 cm³/mol. The fraction of sp³-hybridized carbons (Fsp3) is 0.261. The molecule has 0 aromatic heterocycles. The molecule has 0 spiro atoms. The van der Waals surface area contributed by atoms with Crippen LogP contribution in [0.5, 0.6) is 0 Å². The molecule has 1 heterocycles. The van der Waals surface area contributed by atoms with E-state index in [1.165, 1.54) is 55.4 Å². The zero-order valence-corrected chi connectivity index (χ0v) is 14.6. The van der Waals surface area contributed by atoms with Gasteiger partial charge in [-0.3, -0.25) is 0 Å². The molecule has 3 aromatic carbocycles. The molecule has 0 fully saturated rings. The normalized spacial score (nSPS) is 14.5. The number of aryl methyl sites for hydroxylation is 2. The van der Waals surface area contributed by atoms with Gasteiger partial charge in [-0.2, -0.15) is 0 Å². The zero-order chi connectivity index (χ0) is 16.4. The van der Waals surface area contributed by atoms with Crippen molar-refractivity contribution in [1.29, 1.82) is 0 Å². The Hall–Kier alpha value is -2.41. The fourth-order valence-electron chi connectivity index (χ4n) is 4.70. The molecule has 0 N–H and O–H groups in total. The molecule has 1 nitrogen and oxygen atoms in total. The van der Waals surface area contributed by atoms with Gasteiger partial charge in [0, 0.05) is 11.1 Å². The number of nitrogens with zero attached hydrogens (tertiary/aromatic N) is 1. The number of benzene rings is 3. The van der Waals surface area contributed by atoms with Gasteiger partial charge in [0.25, 0.3) is 0 Å². The summed E-state index contributed by atoms with van der Waals surface area (Å²) in [4.78, 5) is 0. The second-order valence-electron chi connectivity index (χ2n) is 7.18. The monoisotopic (exact) mass is 312 g/mol. The van der Waals surface area contributed by atoms with Gasteiger partial charge in [-0.05, 0) is 52.8 Å². The summed E-state index contributed by atoms with van der Waals surface area (Å²) in [5.74, 6) is 0. The van der Waals surface area contributed by atoms with Gasteiger partial charge in [-0.15, -0.1) is 0 Å². The molecule has 0 saturated carbocycles. The lowest BCUT2D eigenvalue weighted by Gasteiger charge is -2.14. The summed E-state index contributed by atoms with van der Waals surface area (Å²) in [5.41, 5.74) is 11.8. The molecule has 1 aliphatic carbocycles. The molecule has 3 aromatic rings. The first-order valence-corrected chi connectivity index (χ1v) is 8.94. The molecule has 0 amide bonds. The van der Waals surface area contributed by atoms with Crippen molar-refractivity contribution in [2.45, 2.75) is 33.1 Å². The third kappa shape index (κ3) is 1.67. The van der Waals surface area contributed by atoms with Crippen LogP contribution in [-0.2, 0) is 19.3 Å². The van der Waals surface area contributed by atoms with Crippen LogP contribution in [0.15, 0.2) is 36.4 Å². The van der Waals surface area contributed by atoms with Crippen molar-refractivity contribution in [3.05, 3.63) is 64.2 Å². The third-order valence-corrected chi connectivity index (χ3v) is 5.94. The average molecular weight is 312 g/mol. The van der Waals surface area contributed by atoms with Crippen molar-refractivity contribution in [2.24, 2.45) is 0 Å². The maximum Gasteiger partial charge on any atom is 0.216 e. The van der Waals surface area contributed by atoms with Crippen LogP contribution in [0.4, 0.5) is 5.69 Å². The lowest BCUT2D eigenvalue weighted by atomic mass is 9.90. The third-order valence-electron chi connectivity index (χ3n) is 5.94. The van der Waals surface area contributed by atoms with E-state index in [1.54, 1.807) is 0 Å². The maximum absolute atomic E-state index is 2.35. The summed E-state index contributed by atoms with van der Waals surface area (Å²) in [6.07, 6.45) is 5.52. The zero-order valence-electron chi connectivity index (χ0n) is 14.6. The molecule has 24 heavy (non-hydrogen) atoms. The molecule has 2 aliphatic rings. The standard InChI is InChI=1S/C23H22N/c1-4-15-5-6-16-7-9-18-13-19-10-8-17-11-12-24(3)23(17)22(19)21(18)20(16)14(15)2/h5-10,12H,4,11,13H2,1-3H3/q+1. The Morgan fingerprint density at radius 2 is 1.62 bits per heavy atom. The smallest absolute Gasteiger partial charge is 0.204 e. The molecule has 0 bridgehead atoms. The van der Waals surface area contributed by atoms with Gasteiger partial charge in [0.2, 0.25) is 5.69 Å². The van der Waals surface area contributed by atoms with E-state index in [9.17, 15) is 0 Å². The Morgan fingerprint density at radius 3 is 2.46 bits per heavy atom. The van der Waals surface area contributed by atoms with Crippen LogP contribution in [0, 0.1) is 6.92 Å². The van der Waals surface area contributed by atoms with Crippen molar-refractivity contribution in [3.63, 3.8) is 0 Å². The van der Waals surface area contributed by atoms with Crippen molar-refractivity contribution >= 4 is 22.7 Å². The lowest BCUT2D eigenvalue weighted by Crippen LogP contribution is -1.97. The molecule has 0 saturated heterocycles. The molecule has 1 aliphatic heterocycles. The number of hydrogen-bond donors (Lipinski definition) is 0. The Morgan fingerprint density at radius 1 is 0.917 bits per heavy atom. The van der Waals surface area contributed by atoms with Crippen LogP contribution in [-0.4, -0.2) is 17.8 Å². The second-order valence-corrected chi connectivity index (χ2v) is 7.18. The highest BCUT2D eigenvalue weighted by molar-refractivity contribution is 6.06. The van der Waals surface area contributed by atoms with Crippen LogP contribution in [0.1, 0.15) is 34.7 Å². The Kier molecular flexibility index (Phi) is 2.79. The number of fused-ring (bicyclic) bond motifs is 7. The summed E-state index contributed by atoms with van der Waals surface area (Å²) in [7, 11) is 2.19.